The van der Waals surface area contributed by atoms with Gasteiger partial charge in [-0.25, -0.2) is 0 Å². The molecule has 2 heterocycles. The third-order valence-electron chi connectivity index (χ3n) is 4.15. The number of carbonyl (C=O) groups excluding carboxylic acids is 1. The second kappa shape index (κ2) is 4.92. The molecule has 0 aromatic heterocycles. The molecule has 2 aliphatic heterocycles. The molecule has 102 valence electrons. The van der Waals surface area contributed by atoms with Crippen molar-refractivity contribution in [1.82, 2.24) is 15.5 Å². The maximum Gasteiger partial charge on any atom is 0.245 e. The van der Waals surface area contributed by atoms with Gasteiger partial charge in [-0.2, -0.15) is 0 Å². The van der Waals surface area contributed by atoms with Crippen LogP contribution in [-0.2, 0) is 4.79 Å². The number of amides is 1. The van der Waals surface area contributed by atoms with Gasteiger partial charge in [0.25, 0.3) is 0 Å². The van der Waals surface area contributed by atoms with E-state index < -0.39 is 0 Å². The lowest BCUT2D eigenvalue weighted by molar-refractivity contribution is -0.133. The molecule has 0 aromatic rings. The Morgan fingerprint density at radius 3 is 2.67 bits per heavy atom. The molecule has 4 nitrogen and oxygen atoms in total. The van der Waals surface area contributed by atoms with E-state index in [1.165, 1.54) is 0 Å². The maximum atomic E-state index is 12.5. The molecule has 0 saturated carbocycles. The molecule has 0 aromatic carbocycles. The first-order chi connectivity index (χ1) is 8.45. The number of nitrogens with one attached hydrogen (secondary N) is 2. The van der Waals surface area contributed by atoms with E-state index in [0.29, 0.717) is 0 Å². The summed E-state index contributed by atoms with van der Waals surface area (Å²) in [6.07, 6.45) is 4.49. The van der Waals surface area contributed by atoms with Gasteiger partial charge in [-0.1, -0.05) is 19.9 Å². The number of hydrogen-bond acceptors (Lipinski definition) is 3. The summed E-state index contributed by atoms with van der Waals surface area (Å²) in [5.74, 6) is 0.257. The van der Waals surface area contributed by atoms with Gasteiger partial charge in [-0.3, -0.25) is 4.79 Å². The molecule has 1 fully saturated rings. The molecular formula is C14H25N3O. The largest absolute Gasteiger partial charge is 0.375 e. The zero-order chi connectivity index (χ0) is 13.3. The maximum absolute atomic E-state index is 12.5. The van der Waals surface area contributed by atoms with Gasteiger partial charge >= 0.3 is 0 Å². The van der Waals surface area contributed by atoms with Crippen molar-refractivity contribution in [2.24, 2.45) is 5.41 Å². The van der Waals surface area contributed by atoms with Crippen molar-refractivity contribution in [3.8, 4) is 0 Å². The topological polar surface area (TPSA) is 44.4 Å². The van der Waals surface area contributed by atoms with E-state index in [4.69, 9.17) is 0 Å². The smallest absolute Gasteiger partial charge is 0.245 e. The van der Waals surface area contributed by atoms with E-state index >= 15 is 0 Å². The van der Waals surface area contributed by atoms with Gasteiger partial charge in [0.05, 0.1) is 0 Å². The van der Waals surface area contributed by atoms with E-state index in [0.717, 1.165) is 31.6 Å². The third-order valence-corrected chi connectivity index (χ3v) is 4.15. The number of likely N-dealkylation sites (tertiary alicyclic amines) is 1. The molecule has 2 atom stereocenters. The van der Waals surface area contributed by atoms with Crippen molar-refractivity contribution < 1.29 is 4.79 Å². The van der Waals surface area contributed by atoms with Gasteiger partial charge in [0.15, 0.2) is 0 Å². The van der Waals surface area contributed by atoms with Crippen LogP contribution in [0.2, 0.25) is 0 Å². The standard InChI is InChI=1S/C14H25N3O/c1-10(15-4)11-9-14(2,3)12(16-11)13(18)17-7-5-6-8-17/h9-10,12,15-16H,5-8H2,1-4H3/t10-,12?/m0/s1. The molecule has 0 aliphatic carbocycles. The number of carbonyl (C=O) groups is 1. The van der Waals surface area contributed by atoms with Crippen molar-refractivity contribution in [2.45, 2.75) is 45.7 Å². The lowest BCUT2D eigenvalue weighted by Crippen LogP contribution is -2.49. The lowest BCUT2D eigenvalue weighted by atomic mass is 9.85. The van der Waals surface area contributed by atoms with Crippen molar-refractivity contribution in [1.29, 1.82) is 0 Å². The minimum Gasteiger partial charge on any atom is -0.375 e. The van der Waals surface area contributed by atoms with Gasteiger partial charge < -0.3 is 15.5 Å². The van der Waals surface area contributed by atoms with Crippen LogP contribution in [0.15, 0.2) is 11.8 Å². The summed E-state index contributed by atoms with van der Waals surface area (Å²) in [5, 5.41) is 6.63. The molecule has 1 amide bonds. The summed E-state index contributed by atoms with van der Waals surface area (Å²) < 4.78 is 0. The molecule has 1 saturated heterocycles. The Kier molecular flexibility index (Phi) is 3.66. The Morgan fingerprint density at radius 2 is 2.11 bits per heavy atom. The van der Waals surface area contributed by atoms with Crippen LogP contribution in [0.3, 0.4) is 0 Å². The highest BCUT2D eigenvalue weighted by atomic mass is 16.2. The number of nitrogens with zero attached hydrogens (tertiary/aromatic N) is 1. The summed E-state index contributed by atoms with van der Waals surface area (Å²) in [5.41, 5.74) is 1.03. The third kappa shape index (κ3) is 2.39. The molecule has 0 radical (unpaired) electrons. The van der Waals surface area contributed by atoms with Crippen molar-refractivity contribution >= 4 is 5.91 Å². The quantitative estimate of drug-likeness (QED) is 0.789. The van der Waals surface area contributed by atoms with Crippen LogP contribution in [0.4, 0.5) is 0 Å². The van der Waals surface area contributed by atoms with Crippen LogP contribution in [0.1, 0.15) is 33.6 Å². The SMILES string of the molecule is CN[C@@H](C)C1=CC(C)(C)C(C(=O)N2CCCC2)N1. The predicted octanol–water partition coefficient (Wildman–Crippen LogP) is 1.10. The van der Waals surface area contributed by atoms with Crippen molar-refractivity contribution in [2.75, 3.05) is 20.1 Å². The highest BCUT2D eigenvalue weighted by molar-refractivity contribution is 5.84. The minimum absolute atomic E-state index is 0.110. The molecule has 1 unspecified atom stereocenters. The molecular weight excluding hydrogens is 226 g/mol. The van der Waals surface area contributed by atoms with Gasteiger partial charge in [0.1, 0.15) is 6.04 Å². The summed E-state index contributed by atoms with van der Waals surface area (Å²) >= 11 is 0. The molecule has 0 spiro atoms. The summed E-state index contributed by atoms with van der Waals surface area (Å²) in [6.45, 7) is 8.22. The Bertz CT molecular complexity index is 356. The molecule has 2 aliphatic rings. The zero-order valence-electron chi connectivity index (χ0n) is 11.9. The highest BCUT2D eigenvalue weighted by Crippen LogP contribution is 2.32. The summed E-state index contributed by atoms with van der Waals surface area (Å²) in [4.78, 5) is 14.5. The van der Waals surface area contributed by atoms with Crippen LogP contribution in [0.25, 0.3) is 0 Å². The lowest BCUT2D eigenvalue weighted by Gasteiger charge is -2.29. The van der Waals surface area contributed by atoms with E-state index in [9.17, 15) is 4.79 Å². The average Bonchev–Trinajstić information content (AvgIpc) is 2.94. The first kappa shape index (κ1) is 13.4. The van der Waals surface area contributed by atoms with Gasteiger partial charge in [-0.15, -0.1) is 0 Å². The predicted molar refractivity (Wildman–Crippen MR) is 73.1 cm³/mol. The Hall–Kier alpha value is -1.03. The highest BCUT2D eigenvalue weighted by Gasteiger charge is 2.42. The first-order valence-corrected chi connectivity index (χ1v) is 6.91. The van der Waals surface area contributed by atoms with Crippen molar-refractivity contribution in [3.05, 3.63) is 11.8 Å². The van der Waals surface area contributed by atoms with E-state index in [1.54, 1.807) is 0 Å². The fourth-order valence-electron chi connectivity index (χ4n) is 2.78. The van der Waals surface area contributed by atoms with Gasteiger partial charge in [0, 0.05) is 30.2 Å². The van der Waals surface area contributed by atoms with Crippen LogP contribution in [-0.4, -0.2) is 43.0 Å². The van der Waals surface area contributed by atoms with E-state index in [1.807, 2.05) is 11.9 Å². The average molecular weight is 251 g/mol. The van der Waals surface area contributed by atoms with Crippen molar-refractivity contribution in [3.63, 3.8) is 0 Å². The Balaban J connectivity index is 2.09. The zero-order valence-corrected chi connectivity index (χ0v) is 11.9. The Morgan fingerprint density at radius 1 is 1.50 bits per heavy atom. The number of hydrogen-bond donors (Lipinski definition) is 2. The van der Waals surface area contributed by atoms with Gasteiger partial charge in [-0.05, 0) is 26.8 Å². The number of rotatable bonds is 3. The van der Waals surface area contributed by atoms with Gasteiger partial charge in [0.2, 0.25) is 5.91 Å². The van der Waals surface area contributed by atoms with Crippen LogP contribution >= 0.6 is 0 Å². The molecule has 18 heavy (non-hydrogen) atoms. The normalized spacial score (nSPS) is 27.9. The molecule has 2 rings (SSSR count). The Labute approximate surface area is 110 Å². The van der Waals surface area contributed by atoms with Crippen LogP contribution in [0.5, 0.6) is 0 Å². The first-order valence-electron chi connectivity index (χ1n) is 6.91. The monoisotopic (exact) mass is 251 g/mol. The molecule has 0 bridgehead atoms. The fraction of sp³-hybridized carbons (Fsp3) is 0.786. The summed E-state index contributed by atoms with van der Waals surface area (Å²) in [7, 11) is 1.94. The van der Waals surface area contributed by atoms with Crippen LogP contribution < -0.4 is 10.6 Å². The fourth-order valence-corrected chi connectivity index (χ4v) is 2.78. The van der Waals surface area contributed by atoms with Crippen LogP contribution in [0, 0.1) is 5.41 Å². The number of likely N-dealkylation sites (N-methyl/N-ethyl adjacent to an activating group) is 1. The summed E-state index contributed by atoms with van der Waals surface area (Å²) in [6, 6.07) is 0.155. The minimum atomic E-state index is -0.111. The second-order valence-corrected chi connectivity index (χ2v) is 6.04. The second-order valence-electron chi connectivity index (χ2n) is 6.04. The van der Waals surface area contributed by atoms with E-state index in [2.05, 4.69) is 37.5 Å². The molecule has 2 N–H and O–H groups in total. The van der Waals surface area contributed by atoms with E-state index in [-0.39, 0.29) is 23.4 Å². The molecule has 4 heteroatoms.